The molecular weight excluding hydrogens is 247 g/mol. The fraction of sp³-hybridized carbons (Fsp3) is 0.333. The van der Waals surface area contributed by atoms with Crippen molar-refractivity contribution in [3.8, 4) is 0 Å². The molecule has 1 aromatic rings. The maximum Gasteiger partial charge on any atom is 0.0736 e. The zero-order valence-electron chi connectivity index (χ0n) is 7.79. The average Bonchev–Trinajstić information content (AvgIpc) is 1.85. The van der Waals surface area contributed by atoms with E-state index in [1.54, 1.807) is 0 Å². The van der Waals surface area contributed by atoms with Crippen molar-refractivity contribution >= 4 is 38.2 Å². The molecule has 0 aliphatic rings. The molecule has 1 atom stereocenters. The lowest BCUT2D eigenvalue weighted by molar-refractivity contribution is 1.77. The monoisotopic (exact) mass is 262 g/mol. The van der Waals surface area contributed by atoms with E-state index in [2.05, 4.69) is 50.0 Å². The highest BCUT2D eigenvalue weighted by Gasteiger charge is 2.12. The van der Waals surface area contributed by atoms with E-state index in [0.29, 0.717) is 0 Å². The first-order chi connectivity index (χ1) is 5.08. The van der Waals surface area contributed by atoms with Crippen LogP contribution in [-0.4, -0.2) is 7.74 Å². The van der Waals surface area contributed by atoms with Gasteiger partial charge in [-0.3, -0.25) is 0 Å². The Morgan fingerprint density at radius 2 is 1.50 bits per heavy atom. The van der Waals surface area contributed by atoms with E-state index in [4.69, 9.17) is 0 Å². The fourth-order valence-electron chi connectivity index (χ4n) is 0.954. The lowest BCUT2D eigenvalue weighted by Crippen LogP contribution is -2.16. The van der Waals surface area contributed by atoms with Crippen molar-refractivity contribution in [1.82, 2.24) is 0 Å². The van der Waals surface area contributed by atoms with Gasteiger partial charge in [-0.05, 0) is 5.30 Å². The summed E-state index contributed by atoms with van der Waals surface area (Å²) >= 11 is 0. The Labute approximate surface area is 88.2 Å². The molecule has 0 saturated carbocycles. The molecule has 12 heavy (non-hydrogen) atoms. The van der Waals surface area contributed by atoms with Crippen molar-refractivity contribution in [1.29, 1.82) is 0 Å². The number of hydrogen-bond donors (Lipinski definition) is 0. The molecule has 0 aromatic heterocycles. The molecule has 0 bridgehead atoms. The van der Waals surface area contributed by atoms with Crippen LogP contribution in [0.2, 0.25) is 19.6 Å². The largest absolute Gasteiger partial charge is 0.114 e. The number of hydrogen-bond acceptors (Lipinski definition) is 0. The molecule has 0 radical (unpaired) electrons. The predicted octanol–water partition coefficient (Wildman–Crippen LogP) is 3.40. The molecule has 1 unspecified atom stereocenters. The van der Waals surface area contributed by atoms with E-state index >= 15 is 0 Å². The minimum absolute atomic E-state index is 0. The topological polar surface area (TPSA) is 0 Å². The quantitative estimate of drug-likeness (QED) is 0.566. The molecule has 0 heterocycles. The van der Waals surface area contributed by atoms with Crippen LogP contribution in [0.15, 0.2) is 30.3 Å². The van der Waals surface area contributed by atoms with E-state index < -0.39 is 7.74 Å². The zero-order chi connectivity index (χ0) is 8.32. The van der Waals surface area contributed by atoms with Gasteiger partial charge in [-0.15, -0.1) is 25.1 Å². The van der Waals surface area contributed by atoms with E-state index in [9.17, 15) is 0 Å². The Morgan fingerprint density at radius 1 is 1.00 bits per heavy atom. The highest BCUT2D eigenvalue weighted by molar-refractivity contribution is 8.93. The summed E-state index contributed by atoms with van der Waals surface area (Å²) in [7, 11) is 0.182. The first-order valence-corrected chi connectivity index (χ1v) is 9.41. The molecule has 0 nitrogen and oxygen atoms in total. The van der Waals surface area contributed by atoms with Crippen molar-refractivity contribution in [2.75, 3.05) is 0 Å². The molecule has 0 aliphatic heterocycles. The first kappa shape index (κ1) is 12.3. The van der Waals surface area contributed by atoms with E-state index in [1.165, 1.54) is 5.30 Å². The van der Waals surface area contributed by atoms with Gasteiger partial charge in [-0.25, -0.2) is 0 Å². The molecule has 3 heteroatoms. The molecule has 1 aromatic carbocycles. The van der Waals surface area contributed by atoms with Gasteiger partial charge in [-0.2, -0.15) is 0 Å². The van der Waals surface area contributed by atoms with Gasteiger partial charge >= 0.3 is 0 Å². The van der Waals surface area contributed by atoms with Crippen LogP contribution >= 0.6 is 25.1 Å². The van der Waals surface area contributed by atoms with Crippen molar-refractivity contribution < 1.29 is 0 Å². The van der Waals surface area contributed by atoms with E-state index in [-0.39, 0.29) is 17.0 Å². The van der Waals surface area contributed by atoms with Gasteiger partial charge in [0.15, 0.2) is 0 Å². The Morgan fingerprint density at radius 3 is 1.92 bits per heavy atom. The predicted molar refractivity (Wildman–Crippen MR) is 68.1 cm³/mol. The second-order valence-corrected chi connectivity index (χ2v) is 14.3. The van der Waals surface area contributed by atoms with Gasteiger partial charge < -0.3 is 0 Å². The molecule has 0 saturated heterocycles. The van der Waals surface area contributed by atoms with Crippen LogP contribution in [0.3, 0.4) is 0 Å². The summed E-state index contributed by atoms with van der Waals surface area (Å²) in [5.74, 6) is 0. The first-order valence-electron chi connectivity index (χ1n) is 3.91. The highest BCUT2D eigenvalue weighted by Crippen LogP contribution is 2.25. The summed E-state index contributed by atoms with van der Waals surface area (Å²) in [6.07, 6.45) is 0. The summed E-state index contributed by atoms with van der Waals surface area (Å²) in [4.78, 5) is 0. The summed E-state index contributed by atoms with van der Waals surface area (Å²) in [6.45, 7) is 7.25. The third-order valence-corrected chi connectivity index (χ3v) is 5.78. The molecule has 0 aliphatic carbocycles. The Balaban J connectivity index is 0.00000121. The van der Waals surface area contributed by atoms with Crippen molar-refractivity contribution in [3.63, 3.8) is 0 Å². The van der Waals surface area contributed by atoms with Gasteiger partial charge in [-0.1, -0.05) is 50.0 Å². The van der Waals surface area contributed by atoms with Crippen LogP contribution in [0.25, 0.3) is 0 Å². The van der Waals surface area contributed by atoms with Gasteiger partial charge in [0.1, 0.15) is 0 Å². The molecule has 0 spiro atoms. The molecule has 0 amide bonds. The SMILES string of the molecule is Br.C[Si](C)(C)Pc1ccccc1. The van der Waals surface area contributed by atoms with Crippen LogP contribution in [0, 0.1) is 0 Å². The number of rotatable bonds is 2. The third-order valence-electron chi connectivity index (χ3n) is 1.29. The number of halogens is 1. The Hall–Kier alpha value is 0.347. The Kier molecular flexibility index (Phi) is 5.31. The van der Waals surface area contributed by atoms with Gasteiger partial charge in [0, 0.05) is 0 Å². The molecular formula is C9H16BrPSi. The molecule has 0 fully saturated rings. The standard InChI is InChI=1S/C9H15PSi.BrH/c1-11(2,3)10-9-7-5-4-6-8-9;/h4-8,10H,1-3H3;1H. The summed E-state index contributed by atoms with van der Waals surface area (Å²) in [5, 5.41) is 1.52. The van der Waals surface area contributed by atoms with Crippen molar-refractivity contribution in [3.05, 3.63) is 30.3 Å². The molecule has 68 valence electrons. The maximum atomic E-state index is 2.42. The average molecular weight is 263 g/mol. The van der Waals surface area contributed by atoms with Crippen LogP contribution in [0.4, 0.5) is 0 Å². The van der Waals surface area contributed by atoms with E-state index in [1.807, 2.05) is 0 Å². The summed E-state index contributed by atoms with van der Waals surface area (Å²) < 4.78 is 0. The van der Waals surface area contributed by atoms with E-state index in [0.717, 1.165) is 8.13 Å². The van der Waals surface area contributed by atoms with Gasteiger partial charge in [0.2, 0.25) is 0 Å². The molecule has 0 N–H and O–H groups in total. The second-order valence-electron chi connectivity index (χ2n) is 3.74. The molecule has 1 rings (SSSR count). The van der Waals surface area contributed by atoms with Crippen LogP contribution < -0.4 is 5.30 Å². The fourth-order valence-corrected chi connectivity index (χ4v) is 5.28. The van der Waals surface area contributed by atoms with Gasteiger partial charge in [0.25, 0.3) is 0 Å². The minimum Gasteiger partial charge on any atom is -0.114 e. The van der Waals surface area contributed by atoms with Crippen molar-refractivity contribution in [2.24, 2.45) is 0 Å². The smallest absolute Gasteiger partial charge is 0.0736 e. The number of benzene rings is 1. The van der Waals surface area contributed by atoms with Crippen LogP contribution in [0.1, 0.15) is 0 Å². The van der Waals surface area contributed by atoms with Crippen LogP contribution in [0.5, 0.6) is 0 Å². The lowest BCUT2D eigenvalue weighted by Gasteiger charge is -2.15. The highest BCUT2D eigenvalue weighted by atomic mass is 79.9. The third kappa shape index (κ3) is 5.07. The zero-order valence-corrected chi connectivity index (χ0v) is 11.5. The summed E-state index contributed by atoms with van der Waals surface area (Å²) in [6, 6.07) is 10.8. The van der Waals surface area contributed by atoms with Crippen LogP contribution in [-0.2, 0) is 0 Å². The Bertz CT molecular complexity index is 218. The normalized spacial score (nSPS) is 11.6. The minimum atomic E-state index is -0.870. The van der Waals surface area contributed by atoms with Gasteiger partial charge in [0.05, 0.1) is 7.74 Å². The lowest BCUT2D eigenvalue weighted by atomic mass is 10.4. The second kappa shape index (κ2) is 5.16. The summed E-state index contributed by atoms with van der Waals surface area (Å²) in [5.41, 5.74) is 0. The maximum absolute atomic E-state index is 2.42. The van der Waals surface area contributed by atoms with Crippen molar-refractivity contribution in [2.45, 2.75) is 19.6 Å².